The van der Waals surface area contributed by atoms with E-state index in [4.69, 9.17) is 20.8 Å². The Bertz CT molecular complexity index is 894. The molecule has 0 spiro atoms. The molecule has 3 rings (SSSR count). The third-order valence-corrected chi connectivity index (χ3v) is 5.23. The Kier molecular flexibility index (Phi) is 5.34. The molecule has 0 atom stereocenters. The van der Waals surface area contributed by atoms with Gasteiger partial charge in [-0.2, -0.15) is 0 Å². The van der Waals surface area contributed by atoms with Crippen molar-refractivity contribution < 1.29 is 18.7 Å². The molecule has 1 aliphatic rings. The number of hydrogen-bond acceptors (Lipinski definition) is 6. The maximum Gasteiger partial charge on any atom is 0.336 e. The normalized spacial score (nSPS) is 14.3. The van der Waals surface area contributed by atoms with Crippen molar-refractivity contribution in [2.45, 2.75) is 20.0 Å². The monoisotopic (exact) mass is 381 g/mol. The summed E-state index contributed by atoms with van der Waals surface area (Å²) in [5, 5.41) is 1.16. The minimum atomic E-state index is -0.514. The lowest BCUT2D eigenvalue weighted by Gasteiger charge is -2.13. The molecular weight excluding hydrogens is 366 g/mol. The van der Waals surface area contributed by atoms with Gasteiger partial charge in [-0.25, -0.2) is 4.79 Å². The van der Waals surface area contributed by atoms with Crippen molar-refractivity contribution in [3.05, 3.63) is 44.8 Å². The average molecular weight is 382 g/mol. The van der Waals surface area contributed by atoms with E-state index in [0.29, 0.717) is 34.6 Å². The van der Waals surface area contributed by atoms with Crippen LogP contribution in [0.25, 0.3) is 11.0 Å². The smallest absolute Gasteiger partial charge is 0.336 e. The Morgan fingerprint density at radius 3 is 2.88 bits per heavy atom. The number of benzene rings is 1. The van der Waals surface area contributed by atoms with Crippen LogP contribution in [-0.4, -0.2) is 35.0 Å². The van der Waals surface area contributed by atoms with E-state index in [-0.39, 0.29) is 18.3 Å². The van der Waals surface area contributed by atoms with Gasteiger partial charge in [-0.3, -0.25) is 9.59 Å². The molecule has 0 radical (unpaired) electrons. The summed E-state index contributed by atoms with van der Waals surface area (Å²) in [6, 6.07) is 4.67. The third-order valence-electron chi connectivity index (χ3n) is 3.93. The molecule has 132 valence electrons. The number of carbonyl (C=O) groups is 2. The van der Waals surface area contributed by atoms with Crippen LogP contribution in [0.5, 0.6) is 0 Å². The van der Waals surface area contributed by atoms with Crippen LogP contribution < -0.4 is 5.63 Å². The van der Waals surface area contributed by atoms with Gasteiger partial charge in [0.25, 0.3) is 5.24 Å². The van der Waals surface area contributed by atoms with E-state index in [9.17, 15) is 14.4 Å². The summed E-state index contributed by atoms with van der Waals surface area (Å²) in [6.45, 7) is 2.75. The molecule has 1 aromatic heterocycles. The fraction of sp³-hybridized carbons (Fsp3) is 0.353. The molecule has 2 aromatic rings. The lowest BCUT2D eigenvalue weighted by Crippen LogP contribution is -2.26. The fourth-order valence-electron chi connectivity index (χ4n) is 2.55. The molecule has 2 heterocycles. The molecule has 0 N–H and O–H groups in total. The van der Waals surface area contributed by atoms with Gasteiger partial charge in [0.05, 0.1) is 6.42 Å². The summed E-state index contributed by atoms with van der Waals surface area (Å²) < 4.78 is 10.4. The van der Waals surface area contributed by atoms with Gasteiger partial charge in [0, 0.05) is 40.9 Å². The number of halogens is 1. The first-order valence-corrected chi connectivity index (χ1v) is 9.10. The molecule has 6 nitrogen and oxygen atoms in total. The van der Waals surface area contributed by atoms with Gasteiger partial charge in [-0.1, -0.05) is 23.4 Å². The standard InChI is InChI=1S/C17H16ClNO5S/c1-10-6-14-12(8-13(10)18)11(7-16(21)24-14)9-23-15(20)2-3-19-4-5-25-17(19)22/h6-8H,2-5,9H2,1H3. The quantitative estimate of drug-likeness (QED) is 0.584. The summed E-state index contributed by atoms with van der Waals surface area (Å²) in [5.74, 6) is 0.323. The summed E-state index contributed by atoms with van der Waals surface area (Å²) in [6.07, 6.45) is 0.117. The minimum absolute atomic E-state index is 0.00975. The van der Waals surface area contributed by atoms with Crippen molar-refractivity contribution in [3.63, 3.8) is 0 Å². The zero-order chi connectivity index (χ0) is 18.0. The highest BCUT2D eigenvalue weighted by Crippen LogP contribution is 2.25. The van der Waals surface area contributed by atoms with E-state index in [0.717, 1.165) is 11.3 Å². The van der Waals surface area contributed by atoms with Crippen LogP contribution in [0.3, 0.4) is 0 Å². The van der Waals surface area contributed by atoms with Crippen LogP contribution >= 0.6 is 23.4 Å². The lowest BCUT2D eigenvalue weighted by molar-refractivity contribution is -0.145. The fourth-order valence-corrected chi connectivity index (χ4v) is 3.57. The van der Waals surface area contributed by atoms with Crippen LogP contribution in [0.4, 0.5) is 4.79 Å². The Labute approximate surface area is 153 Å². The third kappa shape index (κ3) is 4.16. The van der Waals surface area contributed by atoms with E-state index in [2.05, 4.69) is 0 Å². The van der Waals surface area contributed by atoms with Gasteiger partial charge in [0.15, 0.2) is 0 Å². The number of rotatable bonds is 5. The summed E-state index contributed by atoms with van der Waals surface area (Å²) in [5.41, 5.74) is 1.22. The highest BCUT2D eigenvalue weighted by molar-refractivity contribution is 8.13. The number of ether oxygens (including phenoxy) is 1. The van der Waals surface area contributed by atoms with Crippen LogP contribution in [0.2, 0.25) is 5.02 Å². The first kappa shape index (κ1) is 17.8. The number of nitrogens with zero attached hydrogens (tertiary/aromatic N) is 1. The Morgan fingerprint density at radius 1 is 1.36 bits per heavy atom. The second kappa shape index (κ2) is 7.49. The van der Waals surface area contributed by atoms with Crippen molar-refractivity contribution in [2.75, 3.05) is 18.8 Å². The first-order chi connectivity index (χ1) is 11.9. The number of esters is 1. The number of fused-ring (bicyclic) bond motifs is 1. The summed E-state index contributed by atoms with van der Waals surface area (Å²) in [4.78, 5) is 36.7. The highest BCUT2D eigenvalue weighted by Gasteiger charge is 2.21. The molecule has 1 aromatic carbocycles. The van der Waals surface area contributed by atoms with Crippen molar-refractivity contribution in [1.82, 2.24) is 4.90 Å². The number of carbonyl (C=O) groups excluding carboxylic acids is 2. The number of amides is 1. The Hall–Kier alpha value is -1.99. The molecular formula is C17H16ClNO5S. The predicted octanol–water partition coefficient (Wildman–Crippen LogP) is 3.36. The van der Waals surface area contributed by atoms with Gasteiger partial charge in [0.2, 0.25) is 0 Å². The maximum absolute atomic E-state index is 11.9. The summed E-state index contributed by atoms with van der Waals surface area (Å²) >= 11 is 7.38. The van der Waals surface area contributed by atoms with Crippen LogP contribution in [0.15, 0.2) is 27.4 Å². The van der Waals surface area contributed by atoms with Crippen molar-refractivity contribution in [2.24, 2.45) is 0 Å². The van der Waals surface area contributed by atoms with Gasteiger partial charge >= 0.3 is 11.6 Å². The van der Waals surface area contributed by atoms with Crippen molar-refractivity contribution >= 4 is 45.5 Å². The van der Waals surface area contributed by atoms with Crippen molar-refractivity contribution in [1.29, 1.82) is 0 Å². The molecule has 1 saturated heterocycles. The number of thioether (sulfide) groups is 1. The number of aryl methyl sites for hydroxylation is 1. The van der Waals surface area contributed by atoms with E-state index in [1.807, 2.05) is 6.92 Å². The first-order valence-electron chi connectivity index (χ1n) is 7.74. The molecule has 0 aliphatic carbocycles. The van der Waals surface area contributed by atoms with Crippen LogP contribution in [-0.2, 0) is 16.1 Å². The number of hydrogen-bond donors (Lipinski definition) is 0. The zero-order valence-electron chi connectivity index (χ0n) is 13.5. The van der Waals surface area contributed by atoms with Gasteiger partial charge in [0.1, 0.15) is 12.2 Å². The van der Waals surface area contributed by atoms with Gasteiger partial charge in [-0.05, 0) is 24.6 Å². The largest absolute Gasteiger partial charge is 0.461 e. The molecule has 0 saturated carbocycles. The average Bonchev–Trinajstić information content (AvgIpc) is 2.97. The van der Waals surface area contributed by atoms with Gasteiger partial charge in [-0.15, -0.1) is 0 Å². The second-order valence-corrected chi connectivity index (χ2v) is 7.15. The van der Waals surface area contributed by atoms with Crippen LogP contribution in [0.1, 0.15) is 17.5 Å². The topological polar surface area (TPSA) is 76.8 Å². The molecule has 1 fully saturated rings. The molecule has 1 aliphatic heterocycles. The molecule has 25 heavy (non-hydrogen) atoms. The SMILES string of the molecule is Cc1cc2oc(=O)cc(COC(=O)CCN3CCSC3=O)c2cc1Cl. The van der Waals surface area contributed by atoms with Crippen molar-refractivity contribution in [3.8, 4) is 0 Å². The van der Waals surface area contributed by atoms with Gasteiger partial charge < -0.3 is 14.1 Å². The van der Waals surface area contributed by atoms with E-state index in [1.54, 1.807) is 17.0 Å². The van der Waals surface area contributed by atoms with E-state index in [1.165, 1.54) is 17.8 Å². The highest BCUT2D eigenvalue weighted by atomic mass is 35.5. The predicted molar refractivity (Wildman–Crippen MR) is 96.1 cm³/mol. The molecule has 0 bridgehead atoms. The Morgan fingerprint density at radius 2 is 2.16 bits per heavy atom. The molecule has 8 heteroatoms. The zero-order valence-corrected chi connectivity index (χ0v) is 15.1. The molecule has 1 amide bonds. The maximum atomic E-state index is 11.9. The summed E-state index contributed by atoms with van der Waals surface area (Å²) in [7, 11) is 0. The lowest BCUT2D eigenvalue weighted by atomic mass is 10.1. The Balaban J connectivity index is 1.68. The molecule has 0 unspecified atom stereocenters. The van der Waals surface area contributed by atoms with E-state index >= 15 is 0 Å². The van der Waals surface area contributed by atoms with E-state index < -0.39 is 11.6 Å². The minimum Gasteiger partial charge on any atom is -0.461 e. The second-order valence-electron chi connectivity index (χ2n) is 5.70. The van der Waals surface area contributed by atoms with Crippen LogP contribution in [0, 0.1) is 6.92 Å².